The summed E-state index contributed by atoms with van der Waals surface area (Å²) in [5.41, 5.74) is 0.342. The van der Waals surface area contributed by atoms with Crippen molar-refractivity contribution in [2.24, 2.45) is 11.3 Å². The second-order valence-corrected chi connectivity index (χ2v) is 5.64. The summed E-state index contributed by atoms with van der Waals surface area (Å²) < 4.78 is 5.65. The molecule has 0 aromatic carbocycles. The van der Waals surface area contributed by atoms with Gasteiger partial charge in [0.2, 0.25) is 0 Å². The quantitative estimate of drug-likeness (QED) is 0.516. The Morgan fingerprint density at radius 2 is 2.07 bits per heavy atom. The number of rotatable bonds is 2. The lowest BCUT2D eigenvalue weighted by Gasteiger charge is -2.41. The molecule has 0 aromatic heterocycles. The highest BCUT2D eigenvalue weighted by Gasteiger charge is 2.57. The molecule has 2 atom stereocenters. The Balaban J connectivity index is 2.19. The Kier molecular flexibility index (Phi) is 2.50. The molecule has 1 saturated heterocycles. The molecule has 2 rings (SSSR count). The van der Waals surface area contributed by atoms with Crippen LogP contribution in [-0.2, 0) is 9.53 Å². The molecule has 2 aliphatic rings. The van der Waals surface area contributed by atoms with Crippen LogP contribution >= 0.6 is 0 Å². The lowest BCUT2D eigenvalue weighted by molar-refractivity contribution is -0.112. The van der Waals surface area contributed by atoms with Gasteiger partial charge in [-0.25, -0.2) is 0 Å². The van der Waals surface area contributed by atoms with Gasteiger partial charge in [-0.1, -0.05) is 19.9 Å². The number of hydrogen-bond donors (Lipinski definition) is 0. The van der Waals surface area contributed by atoms with Crippen LogP contribution < -0.4 is 0 Å². The van der Waals surface area contributed by atoms with Crippen molar-refractivity contribution in [3.63, 3.8) is 0 Å². The Labute approximate surface area is 91.7 Å². The minimum absolute atomic E-state index is 0.0771. The van der Waals surface area contributed by atoms with Crippen LogP contribution in [0.25, 0.3) is 0 Å². The van der Waals surface area contributed by atoms with E-state index in [0.717, 1.165) is 13.0 Å². The van der Waals surface area contributed by atoms with E-state index >= 15 is 0 Å². The smallest absolute Gasteiger partial charge is 0.152 e. The molecule has 0 amide bonds. The Hall–Kier alpha value is -0.630. The summed E-state index contributed by atoms with van der Waals surface area (Å²) >= 11 is 0. The van der Waals surface area contributed by atoms with E-state index in [1.54, 1.807) is 13.0 Å². The summed E-state index contributed by atoms with van der Waals surface area (Å²) in [6.07, 6.45) is 7.42. The third-order valence-electron chi connectivity index (χ3n) is 3.87. The first-order chi connectivity index (χ1) is 6.96. The molecule has 1 aliphatic carbocycles. The predicted octanol–water partition coefficient (Wildman–Crippen LogP) is 2.73. The van der Waals surface area contributed by atoms with Crippen LogP contribution in [0.2, 0.25) is 0 Å². The van der Waals surface area contributed by atoms with Crippen LogP contribution in [0, 0.1) is 11.3 Å². The molecule has 1 spiro atoms. The van der Waals surface area contributed by atoms with E-state index < -0.39 is 0 Å². The summed E-state index contributed by atoms with van der Waals surface area (Å²) in [7, 11) is 0. The van der Waals surface area contributed by atoms with Gasteiger partial charge in [-0.3, -0.25) is 4.79 Å². The fourth-order valence-corrected chi connectivity index (χ4v) is 2.95. The zero-order valence-electron chi connectivity index (χ0n) is 9.88. The van der Waals surface area contributed by atoms with Crippen LogP contribution in [0.5, 0.6) is 0 Å². The van der Waals surface area contributed by atoms with E-state index in [0.29, 0.717) is 5.92 Å². The molecule has 0 bridgehead atoms. The molecule has 0 radical (unpaired) electrons. The fourth-order valence-electron chi connectivity index (χ4n) is 2.95. The monoisotopic (exact) mass is 208 g/mol. The molecule has 2 heteroatoms. The average molecular weight is 208 g/mol. The Morgan fingerprint density at radius 1 is 1.40 bits per heavy atom. The Morgan fingerprint density at radius 3 is 2.60 bits per heavy atom. The van der Waals surface area contributed by atoms with Crippen molar-refractivity contribution >= 4 is 5.78 Å². The number of epoxide rings is 1. The van der Waals surface area contributed by atoms with E-state index in [9.17, 15) is 4.79 Å². The Bertz CT molecular complexity index is 292. The van der Waals surface area contributed by atoms with E-state index in [-0.39, 0.29) is 16.8 Å². The average Bonchev–Trinajstić information content (AvgIpc) is 2.83. The molecule has 84 valence electrons. The van der Waals surface area contributed by atoms with Crippen molar-refractivity contribution in [1.82, 2.24) is 0 Å². The zero-order chi connectivity index (χ0) is 11.1. The second kappa shape index (κ2) is 3.44. The topological polar surface area (TPSA) is 29.6 Å². The minimum Gasteiger partial charge on any atom is -0.369 e. The standard InChI is InChI=1S/C13H20O2/c1-10(14)5-6-11-12(2,3)7-4-8-13(11)9-15-13/h5-6,11H,4,7-9H2,1-3H3/b6-5+. The third-order valence-corrected chi connectivity index (χ3v) is 3.87. The lowest BCUT2D eigenvalue weighted by atomic mass is 9.63. The van der Waals surface area contributed by atoms with Crippen molar-refractivity contribution in [3.8, 4) is 0 Å². The molecular weight excluding hydrogens is 188 g/mol. The molecule has 15 heavy (non-hydrogen) atoms. The molecule has 2 unspecified atom stereocenters. The SMILES string of the molecule is CC(=O)/C=C/C1C(C)(C)CCCC12CO2. The van der Waals surface area contributed by atoms with Gasteiger partial charge in [-0.2, -0.15) is 0 Å². The molecular formula is C13H20O2. The van der Waals surface area contributed by atoms with Crippen molar-refractivity contribution in [1.29, 1.82) is 0 Å². The highest BCUT2D eigenvalue weighted by atomic mass is 16.6. The van der Waals surface area contributed by atoms with Gasteiger partial charge in [0.05, 0.1) is 12.2 Å². The van der Waals surface area contributed by atoms with Crippen LogP contribution in [0.15, 0.2) is 12.2 Å². The molecule has 2 nitrogen and oxygen atoms in total. The van der Waals surface area contributed by atoms with Gasteiger partial charge < -0.3 is 4.74 Å². The predicted molar refractivity (Wildman–Crippen MR) is 59.6 cm³/mol. The second-order valence-electron chi connectivity index (χ2n) is 5.64. The number of ether oxygens (including phenoxy) is 1. The maximum Gasteiger partial charge on any atom is 0.152 e. The number of ketones is 1. The van der Waals surface area contributed by atoms with E-state index in [1.165, 1.54) is 12.8 Å². The van der Waals surface area contributed by atoms with Gasteiger partial charge in [0.1, 0.15) is 0 Å². The van der Waals surface area contributed by atoms with Gasteiger partial charge in [-0.05, 0) is 37.7 Å². The van der Waals surface area contributed by atoms with Crippen molar-refractivity contribution in [3.05, 3.63) is 12.2 Å². The first kappa shape index (κ1) is 10.9. The van der Waals surface area contributed by atoms with E-state index in [4.69, 9.17) is 4.74 Å². The number of carbonyl (C=O) groups is 1. The van der Waals surface area contributed by atoms with Crippen LogP contribution in [0.3, 0.4) is 0 Å². The lowest BCUT2D eigenvalue weighted by Crippen LogP contribution is -2.39. The van der Waals surface area contributed by atoms with Crippen LogP contribution in [0.1, 0.15) is 40.0 Å². The molecule has 0 aromatic rings. The first-order valence-corrected chi connectivity index (χ1v) is 5.79. The van der Waals surface area contributed by atoms with Crippen LogP contribution in [-0.4, -0.2) is 18.0 Å². The highest BCUT2D eigenvalue weighted by Crippen LogP contribution is 2.54. The van der Waals surface area contributed by atoms with Gasteiger partial charge in [0.25, 0.3) is 0 Å². The maximum atomic E-state index is 11.0. The summed E-state index contributed by atoms with van der Waals surface area (Å²) in [5, 5.41) is 0. The third kappa shape index (κ3) is 2.00. The molecule has 2 fully saturated rings. The number of carbonyl (C=O) groups excluding carboxylic acids is 1. The first-order valence-electron chi connectivity index (χ1n) is 5.79. The van der Waals surface area contributed by atoms with E-state index in [1.807, 2.05) is 0 Å². The normalized spacial score (nSPS) is 38.5. The van der Waals surface area contributed by atoms with Crippen LogP contribution in [0.4, 0.5) is 0 Å². The van der Waals surface area contributed by atoms with Gasteiger partial charge in [0, 0.05) is 5.92 Å². The zero-order valence-corrected chi connectivity index (χ0v) is 9.88. The van der Waals surface area contributed by atoms with E-state index in [2.05, 4.69) is 19.9 Å². The van der Waals surface area contributed by atoms with Gasteiger partial charge >= 0.3 is 0 Å². The summed E-state index contributed by atoms with van der Waals surface area (Å²) in [6, 6.07) is 0. The molecule has 1 saturated carbocycles. The molecule has 1 heterocycles. The molecule has 1 aliphatic heterocycles. The highest BCUT2D eigenvalue weighted by molar-refractivity contribution is 5.87. The molecule has 0 N–H and O–H groups in total. The number of allylic oxidation sites excluding steroid dienone is 1. The van der Waals surface area contributed by atoms with Gasteiger partial charge in [0.15, 0.2) is 5.78 Å². The summed E-state index contributed by atoms with van der Waals surface area (Å²) in [5.74, 6) is 0.537. The van der Waals surface area contributed by atoms with Gasteiger partial charge in [-0.15, -0.1) is 0 Å². The number of hydrogen-bond acceptors (Lipinski definition) is 2. The largest absolute Gasteiger partial charge is 0.369 e. The maximum absolute atomic E-state index is 11.0. The van der Waals surface area contributed by atoms with Crippen molar-refractivity contribution < 1.29 is 9.53 Å². The van der Waals surface area contributed by atoms with Crippen molar-refractivity contribution in [2.75, 3.05) is 6.61 Å². The minimum atomic E-state index is 0.0771. The van der Waals surface area contributed by atoms with Crippen molar-refractivity contribution in [2.45, 2.75) is 45.6 Å². The fraction of sp³-hybridized carbons (Fsp3) is 0.769. The summed E-state index contributed by atoms with van der Waals surface area (Å²) in [6.45, 7) is 7.05. The summed E-state index contributed by atoms with van der Waals surface area (Å²) in [4.78, 5) is 11.0.